The largest absolute Gasteiger partial charge is 0.464 e. The van der Waals surface area contributed by atoms with E-state index in [1.165, 1.54) is 38.5 Å². The number of ether oxygens (including phenoxy) is 6. The SMILES string of the molecule is CCC(C)(C)C(=O)OC1CC(C)(C)N(C)C(C)(C)C1.CCC(C)(C)C(=O)OCCN1C(C)(C)CCCC1(C)C.CCC(C)(C)C(=O)OCCN1CCCCC1.CCC(C)(C)C(=O)OCCN1CCOCC1.CCC(C)C(=O)OC1CC(C)(C)N(C)C(C)(C)C1. The third-order valence-corrected chi connectivity index (χ3v) is 21.3. The van der Waals surface area contributed by atoms with Crippen molar-refractivity contribution in [1.82, 2.24) is 24.5 Å². The molecule has 5 heterocycles. The molecule has 89 heavy (non-hydrogen) atoms. The number of morpholine rings is 1. The predicted octanol–water partition coefficient (Wildman–Crippen LogP) is 14.6. The van der Waals surface area contributed by atoms with Crippen LogP contribution in [0.2, 0.25) is 0 Å². The summed E-state index contributed by atoms with van der Waals surface area (Å²) in [5.74, 6) is -0.325. The third-order valence-electron chi connectivity index (χ3n) is 21.3. The van der Waals surface area contributed by atoms with Crippen LogP contribution in [0.4, 0.5) is 0 Å². The summed E-state index contributed by atoms with van der Waals surface area (Å²) in [5, 5.41) is 0. The minimum absolute atomic E-state index is 0.0101. The lowest BCUT2D eigenvalue weighted by atomic mass is 9.78. The Morgan fingerprint density at radius 1 is 0.438 bits per heavy atom. The van der Waals surface area contributed by atoms with Crippen molar-refractivity contribution in [3.05, 3.63) is 0 Å². The molecule has 0 aromatic carbocycles. The van der Waals surface area contributed by atoms with Crippen LogP contribution in [0.25, 0.3) is 0 Å². The summed E-state index contributed by atoms with van der Waals surface area (Å²) in [6, 6.07) is 0. The van der Waals surface area contributed by atoms with Crippen molar-refractivity contribution >= 4 is 29.8 Å². The van der Waals surface area contributed by atoms with E-state index in [-0.39, 0.29) is 103 Å². The van der Waals surface area contributed by atoms with Crippen LogP contribution in [0.5, 0.6) is 0 Å². The fourth-order valence-electron chi connectivity index (χ4n) is 12.1. The third kappa shape index (κ3) is 27.9. The van der Waals surface area contributed by atoms with Gasteiger partial charge in [0, 0.05) is 91.6 Å². The lowest BCUT2D eigenvalue weighted by molar-refractivity contribution is -0.169. The van der Waals surface area contributed by atoms with Gasteiger partial charge >= 0.3 is 29.8 Å². The van der Waals surface area contributed by atoms with E-state index in [1.54, 1.807) is 0 Å². The molecule has 0 aliphatic carbocycles. The van der Waals surface area contributed by atoms with Crippen LogP contribution in [0, 0.1) is 27.6 Å². The van der Waals surface area contributed by atoms with Crippen LogP contribution < -0.4 is 0 Å². The molecule has 16 nitrogen and oxygen atoms in total. The summed E-state index contributed by atoms with van der Waals surface area (Å²) in [4.78, 5) is 71.5. The van der Waals surface area contributed by atoms with Crippen molar-refractivity contribution in [3.63, 3.8) is 0 Å². The number of rotatable bonds is 21. The standard InChI is InChI=1S/C17H33NO2.C16H31NO2.C15H29NO2.C13H25NO2.C12H23NO3/c1-8-15(2,3)14(19)20-13-12-18-16(4,5)10-9-11-17(18,6)7;1-9-14(2,3)13(18)19-12-10-15(4,5)17(8)16(6,7)11-12;1-8-11(2)13(17)18-12-9-14(3,4)16(7)15(5,6)10-12;1-4-13(2,3)12(15)16-11-10-14-8-6-5-7-9-14;1-4-12(2,3)11(14)16-10-7-13-5-8-15-9-6-13/h8-13H2,1-7H3;12H,9-11H2,1-8H3;11-12H,8-10H2,1-7H3;4-11H2,1-3H3;4-10H2,1-3H3. The maximum Gasteiger partial charge on any atom is 0.311 e. The molecule has 524 valence electrons. The highest BCUT2D eigenvalue weighted by molar-refractivity contribution is 5.77. The number of esters is 5. The molecule has 0 bridgehead atoms. The number of carbonyl (C=O) groups is 5. The van der Waals surface area contributed by atoms with Gasteiger partial charge in [-0.1, -0.05) is 48.0 Å². The van der Waals surface area contributed by atoms with Crippen molar-refractivity contribution in [2.24, 2.45) is 27.6 Å². The van der Waals surface area contributed by atoms with Gasteiger partial charge in [-0.3, -0.25) is 48.5 Å². The van der Waals surface area contributed by atoms with Gasteiger partial charge < -0.3 is 28.4 Å². The number of piperidine rings is 4. The smallest absolute Gasteiger partial charge is 0.311 e. The Labute approximate surface area is 546 Å². The van der Waals surface area contributed by atoms with Crippen LogP contribution >= 0.6 is 0 Å². The molecule has 1 atom stereocenters. The molecule has 5 aliphatic heterocycles. The topological polar surface area (TPSA) is 157 Å². The average molecular weight is 1260 g/mol. The number of hydrogen-bond acceptors (Lipinski definition) is 16. The van der Waals surface area contributed by atoms with E-state index in [4.69, 9.17) is 28.4 Å². The summed E-state index contributed by atoms with van der Waals surface area (Å²) < 4.78 is 32.9. The zero-order valence-corrected chi connectivity index (χ0v) is 63.1. The van der Waals surface area contributed by atoms with Crippen molar-refractivity contribution in [1.29, 1.82) is 0 Å². The molecule has 5 aliphatic rings. The quantitative estimate of drug-likeness (QED) is 0.0789. The van der Waals surface area contributed by atoms with Gasteiger partial charge in [-0.05, 0) is 230 Å². The second-order valence-corrected chi connectivity index (χ2v) is 32.9. The van der Waals surface area contributed by atoms with E-state index in [0.717, 1.165) is 117 Å². The Morgan fingerprint density at radius 2 is 0.753 bits per heavy atom. The van der Waals surface area contributed by atoms with Gasteiger partial charge in [-0.25, -0.2) is 0 Å². The van der Waals surface area contributed by atoms with Crippen molar-refractivity contribution < 1.29 is 52.4 Å². The van der Waals surface area contributed by atoms with Gasteiger partial charge in [0.2, 0.25) is 0 Å². The van der Waals surface area contributed by atoms with Crippen LogP contribution in [0.15, 0.2) is 0 Å². The van der Waals surface area contributed by atoms with Crippen LogP contribution in [-0.4, -0.2) is 193 Å². The van der Waals surface area contributed by atoms with E-state index in [1.807, 2.05) is 96.9 Å². The highest BCUT2D eigenvalue weighted by Gasteiger charge is 2.47. The summed E-state index contributed by atoms with van der Waals surface area (Å²) in [6.45, 7) is 64.4. The molecule has 0 saturated carbocycles. The van der Waals surface area contributed by atoms with Crippen molar-refractivity contribution in [2.75, 3.05) is 92.9 Å². The average Bonchev–Trinajstić information content (AvgIpc) is 0.878. The van der Waals surface area contributed by atoms with Gasteiger partial charge in [0.1, 0.15) is 32.0 Å². The first kappa shape index (κ1) is 84.1. The molecular weight excluding hydrogens is 1120 g/mol. The van der Waals surface area contributed by atoms with Gasteiger partial charge in [-0.2, -0.15) is 0 Å². The number of likely N-dealkylation sites (tertiary alicyclic amines) is 4. The molecule has 5 saturated heterocycles. The fourth-order valence-corrected chi connectivity index (χ4v) is 12.1. The summed E-state index contributed by atoms with van der Waals surface area (Å²) >= 11 is 0. The normalized spacial score (nSPS) is 22.1. The first-order chi connectivity index (χ1) is 40.7. The number of nitrogens with zero attached hydrogens (tertiary/aromatic N) is 5. The summed E-state index contributed by atoms with van der Waals surface area (Å²) in [7, 11) is 4.32. The van der Waals surface area contributed by atoms with Crippen molar-refractivity contribution in [2.45, 2.75) is 322 Å². The van der Waals surface area contributed by atoms with Crippen molar-refractivity contribution in [3.8, 4) is 0 Å². The predicted molar refractivity (Wildman–Crippen MR) is 365 cm³/mol. The molecule has 16 heteroatoms. The molecule has 0 N–H and O–H groups in total. The molecule has 0 amide bonds. The van der Waals surface area contributed by atoms with Gasteiger partial charge in [0.05, 0.1) is 40.8 Å². The van der Waals surface area contributed by atoms with E-state index < -0.39 is 0 Å². The molecule has 0 aromatic rings. The zero-order valence-electron chi connectivity index (χ0n) is 63.1. The number of hydrogen-bond donors (Lipinski definition) is 0. The minimum Gasteiger partial charge on any atom is -0.464 e. The Morgan fingerprint density at radius 3 is 1.09 bits per heavy atom. The van der Waals surface area contributed by atoms with Gasteiger partial charge in [-0.15, -0.1) is 0 Å². The summed E-state index contributed by atoms with van der Waals surface area (Å²) in [5.41, 5.74) is -0.795. The highest BCUT2D eigenvalue weighted by Crippen LogP contribution is 2.41. The van der Waals surface area contributed by atoms with Crippen LogP contribution in [0.3, 0.4) is 0 Å². The Bertz CT molecular complexity index is 2020. The Balaban J connectivity index is 0.000000558. The van der Waals surface area contributed by atoms with Gasteiger partial charge in [0.25, 0.3) is 0 Å². The first-order valence-electron chi connectivity index (χ1n) is 34.9. The monoisotopic (exact) mass is 1260 g/mol. The lowest BCUT2D eigenvalue weighted by Gasteiger charge is -2.53. The second kappa shape index (κ2) is 36.1. The molecule has 5 fully saturated rings. The highest BCUT2D eigenvalue weighted by atomic mass is 16.6. The van der Waals surface area contributed by atoms with E-state index in [2.05, 4.69) is 122 Å². The molecule has 5 rings (SSSR count). The first-order valence-corrected chi connectivity index (χ1v) is 34.9. The maximum absolute atomic E-state index is 12.2. The van der Waals surface area contributed by atoms with Gasteiger partial charge in [0.15, 0.2) is 0 Å². The molecule has 0 aromatic heterocycles. The van der Waals surface area contributed by atoms with E-state index in [0.29, 0.717) is 19.8 Å². The molecule has 0 radical (unpaired) electrons. The Hall–Kier alpha value is -2.89. The Kier molecular flexibility index (Phi) is 34.1. The zero-order chi connectivity index (χ0) is 68.8. The summed E-state index contributed by atoms with van der Waals surface area (Å²) in [6.07, 6.45) is 15.4. The van der Waals surface area contributed by atoms with Crippen LogP contribution in [-0.2, 0) is 52.4 Å². The second-order valence-electron chi connectivity index (χ2n) is 32.9. The van der Waals surface area contributed by atoms with E-state index >= 15 is 0 Å². The molecular formula is C73H141N5O11. The lowest BCUT2D eigenvalue weighted by Crippen LogP contribution is -2.60. The fraction of sp³-hybridized carbons (Fsp3) is 0.932. The molecule has 1 unspecified atom stereocenters. The number of carbonyl (C=O) groups excluding carboxylic acids is 5. The van der Waals surface area contributed by atoms with Crippen LogP contribution in [0.1, 0.15) is 276 Å². The molecule has 0 spiro atoms. The maximum atomic E-state index is 12.2. The minimum atomic E-state index is -0.377. The van der Waals surface area contributed by atoms with E-state index in [9.17, 15) is 24.0 Å².